The molecule has 65 heavy (non-hydrogen) atoms. The van der Waals surface area contributed by atoms with E-state index < -0.39 is 204 Å². The molecule has 4 rings (SSSR count). The lowest BCUT2D eigenvalue weighted by atomic mass is 9.94. The third-order valence-corrected chi connectivity index (χ3v) is 11.2. The fourth-order valence-corrected chi connectivity index (χ4v) is 7.83. The molecule has 4 aliphatic rings. The molecule has 0 spiro atoms. The Balaban J connectivity index is 1.70. The Labute approximate surface area is 369 Å². The Bertz CT molecular complexity index is 1510. The van der Waals surface area contributed by atoms with Crippen LogP contribution >= 0.6 is 0 Å². The Kier molecular flexibility index (Phi) is 20.9. The summed E-state index contributed by atoms with van der Waals surface area (Å²) in [4.78, 5) is 37.2. The van der Waals surface area contributed by atoms with Crippen LogP contribution in [0.5, 0.6) is 0 Å². The highest BCUT2D eigenvalue weighted by Gasteiger charge is 2.57. The molecule has 0 aromatic heterocycles. The quantitative estimate of drug-likeness (QED) is 0.0539. The Morgan fingerprint density at radius 2 is 0.892 bits per heavy atom. The predicted octanol–water partition coefficient (Wildman–Crippen LogP) is -11.9. The number of rotatable bonds is 20. The standard InChI is InChI=1S/C36H63N3O26/c1-10(46)37-13(4-40)29(21(50)14(49)5-41)62-33-19(38-11(2)47)31(24(53)16(7-43)58-33)64-36-28(57)32(25(54)18(9-45)61-36)65-34-20(39-12(3)48)30(23(52)17(8-44)59-34)63-35-27(56)26(55)22(51)15(6-42)60-35/h13-36,40-45,49-57H,4-9H2,1-3H3,(H,37,46)(H,38,47)(H,39,48)/t13-,14+,15+,16+,17+,18+,19+,20+,21-,22-,23+,24+,25-,26-,27+,28+,29+,30+,31+,32-,33-,34-,35-,36-/m0/s1. The number of hydrogen-bond donors (Lipinski definition) is 18. The molecule has 4 fully saturated rings. The molecule has 18 N–H and O–H groups in total. The molecule has 0 aromatic rings. The third-order valence-electron chi connectivity index (χ3n) is 11.2. The fraction of sp³-hybridized carbons (Fsp3) is 0.917. The van der Waals surface area contributed by atoms with E-state index in [0.717, 1.165) is 20.8 Å². The van der Waals surface area contributed by atoms with Gasteiger partial charge < -0.3 is 130 Å². The van der Waals surface area contributed by atoms with E-state index in [0.29, 0.717) is 0 Å². The summed E-state index contributed by atoms with van der Waals surface area (Å²) in [6, 6.07) is -5.01. The zero-order valence-corrected chi connectivity index (χ0v) is 35.3. The molecular weight excluding hydrogens is 890 g/mol. The SMILES string of the molecule is CC(=O)N[C@H]1[C@H](O[C@H]2[C@@H](O)[C@@H](CO)O[C@@H](O[C@H]3[C@H](O)[C@@H](CO)O[C@@H](O[C@@H]([C@@H](O)[C@H](O)CO)[C@H](CO)NC(C)=O)[C@@H]3NC(C)=O)[C@@H]2O)O[C@H](CO)[C@@H](O)[C@@H]1O[C@@H]1O[C@H](CO)[C@H](O)[C@H](O)[C@H]1O. The van der Waals surface area contributed by atoms with Gasteiger partial charge >= 0.3 is 0 Å². The van der Waals surface area contributed by atoms with E-state index in [9.17, 15) is 91.0 Å². The summed E-state index contributed by atoms with van der Waals surface area (Å²) in [5.74, 6) is -2.43. The van der Waals surface area contributed by atoms with Gasteiger partial charge in [-0.15, -0.1) is 0 Å². The number of aliphatic hydroxyl groups excluding tert-OH is 15. The van der Waals surface area contributed by atoms with Crippen LogP contribution in [0.25, 0.3) is 0 Å². The zero-order valence-electron chi connectivity index (χ0n) is 35.3. The molecule has 378 valence electrons. The van der Waals surface area contributed by atoms with Crippen LogP contribution in [0, 0.1) is 0 Å². The van der Waals surface area contributed by atoms with Crippen LogP contribution in [0.4, 0.5) is 0 Å². The van der Waals surface area contributed by atoms with Crippen LogP contribution in [0.15, 0.2) is 0 Å². The Morgan fingerprint density at radius 3 is 1.32 bits per heavy atom. The van der Waals surface area contributed by atoms with E-state index in [-0.39, 0.29) is 0 Å². The molecule has 29 nitrogen and oxygen atoms in total. The maximum atomic E-state index is 12.6. The van der Waals surface area contributed by atoms with Gasteiger partial charge in [0.25, 0.3) is 0 Å². The Morgan fingerprint density at radius 1 is 0.492 bits per heavy atom. The normalized spacial score (nSPS) is 42.0. The van der Waals surface area contributed by atoms with Crippen molar-refractivity contribution in [2.75, 3.05) is 39.6 Å². The highest BCUT2D eigenvalue weighted by Crippen LogP contribution is 2.35. The van der Waals surface area contributed by atoms with Gasteiger partial charge in [-0.3, -0.25) is 14.4 Å². The summed E-state index contributed by atoms with van der Waals surface area (Å²) in [5.41, 5.74) is 0. The first-order chi connectivity index (χ1) is 30.7. The van der Waals surface area contributed by atoms with E-state index in [1.54, 1.807) is 0 Å². The molecule has 4 saturated heterocycles. The number of ether oxygens (including phenoxy) is 8. The second-order valence-electron chi connectivity index (χ2n) is 15.9. The molecular formula is C36H63N3O26. The van der Waals surface area contributed by atoms with Crippen molar-refractivity contribution in [2.24, 2.45) is 0 Å². The maximum absolute atomic E-state index is 12.6. The number of hydrogen-bond acceptors (Lipinski definition) is 26. The monoisotopic (exact) mass is 953 g/mol. The molecule has 0 bridgehead atoms. The smallest absolute Gasteiger partial charge is 0.217 e. The van der Waals surface area contributed by atoms with Crippen LogP contribution < -0.4 is 16.0 Å². The summed E-state index contributed by atoms with van der Waals surface area (Å²) < 4.78 is 46.2. The predicted molar refractivity (Wildman–Crippen MR) is 204 cm³/mol. The van der Waals surface area contributed by atoms with Gasteiger partial charge in [0, 0.05) is 20.8 Å². The van der Waals surface area contributed by atoms with Gasteiger partial charge in [-0.2, -0.15) is 0 Å². The van der Waals surface area contributed by atoms with E-state index in [2.05, 4.69) is 16.0 Å². The highest BCUT2D eigenvalue weighted by molar-refractivity contribution is 5.74. The van der Waals surface area contributed by atoms with Crippen LogP contribution in [0.3, 0.4) is 0 Å². The van der Waals surface area contributed by atoms with Crippen LogP contribution in [-0.2, 0) is 52.3 Å². The summed E-state index contributed by atoms with van der Waals surface area (Å²) in [7, 11) is 0. The van der Waals surface area contributed by atoms with Gasteiger partial charge in [0.2, 0.25) is 17.7 Å². The number of amides is 3. The second-order valence-corrected chi connectivity index (χ2v) is 15.9. The number of carbonyl (C=O) groups is 3. The molecule has 4 aliphatic heterocycles. The van der Waals surface area contributed by atoms with Gasteiger partial charge in [0.15, 0.2) is 25.2 Å². The molecule has 24 atom stereocenters. The molecule has 4 heterocycles. The number of aliphatic hydroxyl groups is 15. The second kappa shape index (κ2) is 24.7. The number of carbonyl (C=O) groups excluding carboxylic acids is 3. The minimum atomic E-state index is -2.23. The molecule has 0 aromatic carbocycles. The van der Waals surface area contributed by atoms with Gasteiger partial charge in [0.1, 0.15) is 116 Å². The van der Waals surface area contributed by atoms with E-state index in [1.165, 1.54) is 0 Å². The van der Waals surface area contributed by atoms with E-state index in [1.807, 2.05) is 0 Å². The average molecular weight is 954 g/mol. The van der Waals surface area contributed by atoms with Crippen molar-refractivity contribution in [2.45, 2.75) is 168 Å². The molecule has 0 unspecified atom stereocenters. The molecule has 0 aliphatic carbocycles. The first-order valence-corrected chi connectivity index (χ1v) is 20.5. The van der Waals surface area contributed by atoms with Crippen molar-refractivity contribution in [1.82, 2.24) is 16.0 Å². The fourth-order valence-electron chi connectivity index (χ4n) is 7.83. The van der Waals surface area contributed by atoms with E-state index in [4.69, 9.17) is 37.9 Å². The lowest BCUT2D eigenvalue weighted by molar-refractivity contribution is -0.377. The zero-order chi connectivity index (χ0) is 48.6. The van der Waals surface area contributed by atoms with Crippen LogP contribution in [0.2, 0.25) is 0 Å². The maximum Gasteiger partial charge on any atom is 0.217 e. The van der Waals surface area contributed by atoms with Crippen molar-refractivity contribution in [3.63, 3.8) is 0 Å². The highest BCUT2D eigenvalue weighted by atomic mass is 16.8. The van der Waals surface area contributed by atoms with Gasteiger partial charge in [0.05, 0.1) is 45.7 Å². The van der Waals surface area contributed by atoms with Crippen molar-refractivity contribution >= 4 is 17.7 Å². The minimum absolute atomic E-state index is 0.751. The van der Waals surface area contributed by atoms with Crippen molar-refractivity contribution in [3.05, 3.63) is 0 Å². The summed E-state index contributed by atoms with van der Waals surface area (Å²) >= 11 is 0. The number of nitrogens with one attached hydrogen (secondary N) is 3. The molecule has 3 amide bonds. The lowest BCUT2D eigenvalue weighted by Crippen LogP contribution is -2.71. The third kappa shape index (κ3) is 13.0. The molecule has 0 saturated carbocycles. The summed E-state index contributed by atoms with van der Waals surface area (Å²) in [6.07, 6.45) is -40.1. The van der Waals surface area contributed by atoms with Gasteiger partial charge in [-0.25, -0.2) is 0 Å². The lowest BCUT2D eigenvalue weighted by Gasteiger charge is -2.50. The van der Waals surface area contributed by atoms with Crippen LogP contribution in [0.1, 0.15) is 20.8 Å². The van der Waals surface area contributed by atoms with Gasteiger partial charge in [-0.1, -0.05) is 0 Å². The average Bonchev–Trinajstić information content (AvgIpc) is 3.26. The van der Waals surface area contributed by atoms with Crippen LogP contribution in [-0.4, -0.2) is 281 Å². The van der Waals surface area contributed by atoms with E-state index >= 15 is 0 Å². The minimum Gasteiger partial charge on any atom is -0.394 e. The van der Waals surface area contributed by atoms with Crippen molar-refractivity contribution < 1.29 is 129 Å². The van der Waals surface area contributed by atoms with Crippen molar-refractivity contribution in [3.8, 4) is 0 Å². The largest absolute Gasteiger partial charge is 0.394 e. The summed E-state index contributed by atoms with van der Waals surface area (Å²) in [5, 5.41) is 165. The first kappa shape index (κ1) is 55.1. The molecule has 29 heteroatoms. The summed E-state index contributed by atoms with van der Waals surface area (Å²) in [6.45, 7) is -2.80. The first-order valence-electron chi connectivity index (χ1n) is 20.5. The topological polar surface area (TPSA) is 465 Å². The van der Waals surface area contributed by atoms with Crippen molar-refractivity contribution in [1.29, 1.82) is 0 Å². The van der Waals surface area contributed by atoms with Gasteiger partial charge in [-0.05, 0) is 0 Å². The molecule has 0 radical (unpaired) electrons. The Hall–Kier alpha value is -2.51.